The normalized spacial score (nSPS) is 22.0. The van der Waals surface area contributed by atoms with Gasteiger partial charge in [-0.25, -0.2) is 0 Å². The van der Waals surface area contributed by atoms with Gasteiger partial charge in [-0.15, -0.1) is 0 Å². The highest BCUT2D eigenvalue weighted by Gasteiger charge is 2.23. The van der Waals surface area contributed by atoms with E-state index in [0.717, 1.165) is 50.0 Å². The maximum absolute atomic E-state index is 12.5. The molecule has 1 saturated carbocycles. The largest absolute Gasteiger partial charge is 0.349 e. The molecule has 2 rings (SSSR count). The van der Waals surface area contributed by atoms with E-state index in [1.54, 1.807) is 0 Å². The number of nitrogens with one attached hydrogen (secondary N) is 2. The van der Waals surface area contributed by atoms with E-state index in [4.69, 9.17) is 0 Å². The molecule has 2 N–H and O–H groups in total. The van der Waals surface area contributed by atoms with E-state index in [9.17, 15) is 4.79 Å². The summed E-state index contributed by atoms with van der Waals surface area (Å²) in [5.74, 6) is -0.00301. The van der Waals surface area contributed by atoms with Gasteiger partial charge >= 0.3 is 0 Å². The minimum atomic E-state index is -0.00301. The van der Waals surface area contributed by atoms with Crippen molar-refractivity contribution < 1.29 is 4.79 Å². The lowest BCUT2D eigenvalue weighted by molar-refractivity contribution is 0.0922. The SMILES string of the molecule is CCNC1CCC(NC(=O)c2cc(C)nnc2CC)CC1. The van der Waals surface area contributed by atoms with E-state index in [0.29, 0.717) is 11.6 Å². The van der Waals surface area contributed by atoms with Crippen molar-refractivity contribution >= 4 is 5.91 Å². The van der Waals surface area contributed by atoms with Gasteiger partial charge in [0.25, 0.3) is 5.91 Å². The van der Waals surface area contributed by atoms with Crippen LogP contribution in [-0.2, 0) is 6.42 Å². The van der Waals surface area contributed by atoms with Crippen LogP contribution in [0.5, 0.6) is 0 Å². The molecule has 0 aromatic carbocycles. The molecule has 0 saturated heterocycles. The van der Waals surface area contributed by atoms with Crippen molar-refractivity contribution in [3.63, 3.8) is 0 Å². The number of carbonyl (C=O) groups is 1. The minimum absolute atomic E-state index is 0.00301. The van der Waals surface area contributed by atoms with Crippen molar-refractivity contribution in [2.45, 2.75) is 65.0 Å². The van der Waals surface area contributed by atoms with Gasteiger partial charge in [-0.2, -0.15) is 10.2 Å². The molecule has 5 nitrogen and oxygen atoms in total. The molecule has 1 heterocycles. The lowest BCUT2D eigenvalue weighted by atomic mass is 9.91. The first-order valence-electron chi connectivity index (χ1n) is 8.01. The highest BCUT2D eigenvalue weighted by molar-refractivity contribution is 5.95. The van der Waals surface area contributed by atoms with Gasteiger partial charge < -0.3 is 10.6 Å². The molecule has 1 amide bonds. The molecule has 0 atom stereocenters. The zero-order valence-corrected chi connectivity index (χ0v) is 13.3. The molecule has 1 aromatic rings. The Labute approximate surface area is 126 Å². The van der Waals surface area contributed by atoms with E-state index >= 15 is 0 Å². The van der Waals surface area contributed by atoms with Gasteiger partial charge in [0, 0.05) is 12.1 Å². The average molecular weight is 290 g/mol. The van der Waals surface area contributed by atoms with Gasteiger partial charge in [0.2, 0.25) is 0 Å². The van der Waals surface area contributed by atoms with Gasteiger partial charge in [0.15, 0.2) is 0 Å². The second-order valence-electron chi connectivity index (χ2n) is 5.78. The summed E-state index contributed by atoms with van der Waals surface area (Å²) in [5, 5.41) is 14.8. The quantitative estimate of drug-likeness (QED) is 0.870. The first-order chi connectivity index (χ1) is 10.1. The van der Waals surface area contributed by atoms with Crippen LogP contribution in [0.2, 0.25) is 0 Å². The van der Waals surface area contributed by atoms with Crippen molar-refractivity contribution in [3.05, 3.63) is 23.0 Å². The maximum atomic E-state index is 12.5. The molecule has 0 unspecified atom stereocenters. The number of hydrogen-bond donors (Lipinski definition) is 2. The van der Waals surface area contributed by atoms with Crippen molar-refractivity contribution in [1.29, 1.82) is 0 Å². The van der Waals surface area contributed by atoms with Crippen LogP contribution in [0.25, 0.3) is 0 Å². The summed E-state index contributed by atoms with van der Waals surface area (Å²) in [4.78, 5) is 12.5. The summed E-state index contributed by atoms with van der Waals surface area (Å²) < 4.78 is 0. The van der Waals surface area contributed by atoms with E-state index in [1.807, 2.05) is 19.9 Å². The molecule has 1 aromatic heterocycles. The molecular formula is C16H26N4O. The van der Waals surface area contributed by atoms with Crippen LogP contribution in [0, 0.1) is 6.92 Å². The Morgan fingerprint density at radius 3 is 2.48 bits per heavy atom. The Balaban J connectivity index is 1.95. The number of nitrogens with zero attached hydrogens (tertiary/aromatic N) is 2. The summed E-state index contributed by atoms with van der Waals surface area (Å²) in [6, 6.07) is 2.73. The van der Waals surface area contributed by atoms with Crippen LogP contribution in [0.15, 0.2) is 6.07 Å². The van der Waals surface area contributed by atoms with Crippen LogP contribution in [0.1, 0.15) is 61.3 Å². The summed E-state index contributed by atoms with van der Waals surface area (Å²) in [6.07, 6.45) is 5.08. The van der Waals surface area contributed by atoms with E-state index in [1.165, 1.54) is 0 Å². The zero-order chi connectivity index (χ0) is 15.2. The smallest absolute Gasteiger partial charge is 0.253 e. The number of rotatable bonds is 5. The third-order valence-corrected chi connectivity index (χ3v) is 4.13. The molecule has 1 fully saturated rings. The molecular weight excluding hydrogens is 264 g/mol. The van der Waals surface area contributed by atoms with Crippen LogP contribution in [-0.4, -0.2) is 34.7 Å². The Hall–Kier alpha value is -1.49. The lowest BCUT2D eigenvalue weighted by Gasteiger charge is -2.29. The van der Waals surface area contributed by atoms with Crippen molar-refractivity contribution in [2.24, 2.45) is 0 Å². The van der Waals surface area contributed by atoms with Crippen LogP contribution in [0.3, 0.4) is 0 Å². The fourth-order valence-electron chi connectivity index (χ4n) is 2.97. The number of carbonyl (C=O) groups excluding carboxylic acids is 1. The molecule has 116 valence electrons. The molecule has 0 spiro atoms. The monoisotopic (exact) mass is 290 g/mol. The Bertz CT molecular complexity index is 481. The first-order valence-corrected chi connectivity index (χ1v) is 8.01. The second kappa shape index (κ2) is 7.50. The number of aromatic nitrogens is 2. The summed E-state index contributed by atoms with van der Waals surface area (Å²) >= 11 is 0. The molecule has 1 aliphatic rings. The average Bonchev–Trinajstić information content (AvgIpc) is 2.49. The molecule has 0 bridgehead atoms. The number of aryl methyl sites for hydroxylation is 2. The van der Waals surface area contributed by atoms with E-state index in [-0.39, 0.29) is 11.9 Å². The third-order valence-electron chi connectivity index (χ3n) is 4.13. The molecule has 1 aliphatic carbocycles. The highest BCUT2D eigenvalue weighted by atomic mass is 16.1. The minimum Gasteiger partial charge on any atom is -0.349 e. The summed E-state index contributed by atoms with van der Waals surface area (Å²) in [7, 11) is 0. The van der Waals surface area contributed by atoms with Crippen molar-refractivity contribution in [1.82, 2.24) is 20.8 Å². The Kier molecular flexibility index (Phi) is 5.67. The lowest BCUT2D eigenvalue weighted by Crippen LogP contribution is -2.42. The predicted molar refractivity (Wildman–Crippen MR) is 83.3 cm³/mol. The standard InChI is InChI=1S/C16H26N4O/c1-4-15-14(10-11(3)19-20-15)16(21)18-13-8-6-12(7-9-13)17-5-2/h10,12-13,17H,4-9H2,1-3H3,(H,18,21). The molecule has 21 heavy (non-hydrogen) atoms. The maximum Gasteiger partial charge on any atom is 0.253 e. The summed E-state index contributed by atoms with van der Waals surface area (Å²) in [5.41, 5.74) is 2.24. The van der Waals surface area contributed by atoms with Crippen LogP contribution in [0.4, 0.5) is 0 Å². The van der Waals surface area contributed by atoms with E-state index in [2.05, 4.69) is 27.8 Å². The van der Waals surface area contributed by atoms with Gasteiger partial charge in [-0.1, -0.05) is 13.8 Å². The van der Waals surface area contributed by atoms with Crippen LogP contribution < -0.4 is 10.6 Å². The van der Waals surface area contributed by atoms with Gasteiger partial charge in [0.1, 0.15) is 0 Å². The van der Waals surface area contributed by atoms with Crippen molar-refractivity contribution in [3.8, 4) is 0 Å². The number of amides is 1. The Morgan fingerprint density at radius 1 is 1.19 bits per heavy atom. The topological polar surface area (TPSA) is 66.9 Å². The van der Waals surface area contributed by atoms with Crippen molar-refractivity contribution in [2.75, 3.05) is 6.54 Å². The Morgan fingerprint density at radius 2 is 1.86 bits per heavy atom. The fraction of sp³-hybridized carbons (Fsp3) is 0.688. The molecule has 0 aliphatic heterocycles. The fourth-order valence-corrected chi connectivity index (χ4v) is 2.97. The van der Waals surface area contributed by atoms with Gasteiger partial charge in [-0.3, -0.25) is 4.79 Å². The predicted octanol–water partition coefficient (Wildman–Crippen LogP) is 2.00. The molecule has 0 radical (unpaired) electrons. The number of hydrogen-bond acceptors (Lipinski definition) is 4. The molecule has 5 heteroatoms. The zero-order valence-electron chi connectivity index (χ0n) is 13.3. The van der Waals surface area contributed by atoms with Gasteiger partial charge in [-0.05, 0) is 51.6 Å². The highest BCUT2D eigenvalue weighted by Crippen LogP contribution is 2.19. The van der Waals surface area contributed by atoms with Crippen LogP contribution >= 0.6 is 0 Å². The third kappa shape index (κ3) is 4.24. The van der Waals surface area contributed by atoms with E-state index < -0.39 is 0 Å². The first kappa shape index (κ1) is 15.9. The van der Waals surface area contributed by atoms with Gasteiger partial charge in [0.05, 0.1) is 17.0 Å². The second-order valence-corrected chi connectivity index (χ2v) is 5.78. The summed E-state index contributed by atoms with van der Waals surface area (Å²) in [6.45, 7) is 7.02.